The molecule has 27 heavy (non-hydrogen) atoms. The van der Waals surface area contributed by atoms with Crippen LogP contribution in [0.4, 0.5) is 0 Å². The summed E-state index contributed by atoms with van der Waals surface area (Å²) in [6.45, 7) is 6.30. The first-order chi connectivity index (χ1) is 12.3. The van der Waals surface area contributed by atoms with Crippen molar-refractivity contribution in [3.63, 3.8) is 0 Å². The number of rotatable bonds is 8. The van der Waals surface area contributed by atoms with Crippen LogP contribution in [0.3, 0.4) is 0 Å². The summed E-state index contributed by atoms with van der Waals surface area (Å²) in [7, 11) is -3.55. The average Bonchev–Trinajstić information content (AvgIpc) is 2.60. The highest BCUT2D eigenvalue weighted by molar-refractivity contribution is 7.89. The van der Waals surface area contributed by atoms with E-state index < -0.39 is 10.0 Å². The van der Waals surface area contributed by atoms with E-state index in [9.17, 15) is 18.0 Å². The molecule has 2 aliphatic rings. The topological polar surface area (TPSA) is 108 Å². The second-order valence-electron chi connectivity index (χ2n) is 6.96. The lowest BCUT2D eigenvalue weighted by molar-refractivity contribution is -0.139. The van der Waals surface area contributed by atoms with Gasteiger partial charge in [0.15, 0.2) is 0 Å². The fourth-order valence-corrected chi connectivity index (χ4v) is 4.00. The number of piperidine rings is 1. The molecular formula is C16H31ClN4O5S. The number of nitrogens with one attached hydrogen (secondary N) is 2. The van der Waals surface area contributed by atoms with E-state index in [1.807, 2.05) is 18.7 Å². The lowest BCUT2D eigenvalue weighted by Gasteiger charge is -2.41. The smallest absolute Gasteiger partial charge is 0.237 e. The van der Waals surface area contributed by atoms with E-state index in [1.54, 1.807) is 4.90 Å². The Morgan fingerprint density at radius 1 is 1.37 bits per heavy atom. The molecule has 2 amide bonds. The number of sulfonamides is 1. The first-order valence-electron chi connectivity index (χ1n) is 9.15. The Bertz CT molecular complexity index is 602. The molecule has 158 valence electrons. The molecule has 2 saturated heterocycles. The fraction of sp³-hybridized carbons (Fsp3) is 0.875. The van der Waals surface area contributed by atoms with Gasteiger partial charge in [-0.05, 0) is 26.7 Å². The Kier molecular flexibility index (Phi) is 9.96. The van der Waals surface area contributed by atoms with E-state index >= 15 is 0 Å². The van der Waals surface area contributed by atoms with E-state index in [0.717, 1.165) is 19.4 Å². The van der Waals surface area contributed by atoms with E-state index in [2.05, 4.69) is 10.0 Å². The number of nitrogens with zero attached hydrogens (tertiary/aromatic N) is 2. The summed E-state index contributed by atoms with van der Waals surface area (Å²) in [5.74, 6) is -0.372. The van der Waals surface area contributed by atoms with Gasteiger partial charge in [-0.2, -0.15) is 0 Å². The van der Waals surface area contributed by atoms with E-state index in [4.69, 9.17) is 4.74 Å². The zero-order valence-corrected chi connectivity index (χ0v) is 17.6. The largest absolute Gasteiger partial charge is 0.378 e. The van der Waals surface area contributed by atoms with Crippen LogP contribution in [0.2, 0.25) is 0 Å². The monoisotopic (exact) mass is 426 g/mol. The summed E-state index contributed by atoms with van der Waals surface area (Å²) < 4.78 is 31.4. The van der Waals surface area contributed by atoms with Crippen molar-refractivity contribution in [2.24, 2.45) is 0 Å². The van der Waals surface area contributed by atoms with Gasteiger partial charge in [-0.25, -0.2) is 13.1 Å². The van der Waals surface area contributed by atoms with E-state index in [-0.39, 0.29) is 55.3 Å². The minimum absolute atomic E-state index is 0. The van der Waals surface area contributed by atoms with Gasteiger partial charge >= 0.3 is 0 Å². The maximum Gasteiger partial charge on any atom is 0.237 e. The van der Waals surface area contributed by atoms with E-state index in [1.165, 1.54) is 0 Å². The number of piperazine rings is 1. The third-order valence-electron chi connectivity index (χ3n) is 4.56. The summed E-state index contributed by atoms with van der Waals surface area (Å²) >= 11 is 0. The second kappa shape index (κ2) is 11.2. The standard InChI is InChI=1S/C16H30N4O5S.ClH/c1-13(2)25-8-9-26(23,24)18-11-15(21)19-6-3-4-14(12-19)20-7-5-17-10-16(20)22;/h13-14,17-18H,3-12H2,1-2H3;1H. The SMILES string of the molecule is CC(C)OCCS(=O)(=O)NCC(=O)N1CCCC(N2CCNCC2=O)C1.Cl. The maximum absolute atomic E-state index is 12.4. The normalized spacial score (nSPS) is 21.3. The van der Waals surface area contributed by atoms with Crippen molar-refractivity contribution in [3.05, 3.63) is 0 Å². The van der Waals surface area contributed by atoms with Gasteiger partial charge in [0.1, 0.15) is 0 Å². The Hall–Kier alpha value is -0.940. The molecule has 0 bridgehead atoms. The van der Waals surface area contributed by atoms with Gasteiger partial charge in [-0.15, -0.1) is 12.4 Å². The average molecular weight is 427 g/mol. The summed E-state index contributed by atoms with van der Waals surface area (Å²) in [5, 5.41) is 3.04. The van der Waals surface area contributed by atoms with Crippen LogP contribution in [0.25, 0.3) is 0 Å². The highest BCUT2D eigenvalue weighted by Gasteiger charge is 2.31. The number of carbonyl (C=O) groups is 2. The van der Waals surface area contributed by atoms with Gasteiger partial charge in [0.2, 0.25) is 21.8 Å². The molecule has 0 radical (unpaired) electrons. The predicted octanol–water partition coefficient (Wildman–Crippen LogP) is -0.825. The molecule has 0 aromatic heterocycles. The Morgan fingerprint density at radius 2 is 2.11 bits per heavy atom. The van der Waals surface area contributed by atoms with Gasteiger partial charge in [0, 0.05) is 32.2 Å². The number of halogens is 1. The maximum atomic E-state index is 12.4. The first-order valence-corrected chi connectivity index (χ1v) is 10.8. The molecule has 1 unspecified atom stereocenters. The van der Waals surface area contributed by atoms with Gasteiger partial charge in [0.05, 0.1) is 31.6 Å². The Morgan fingerprint density at radius 3 is 2.78 bits per heavy atom. The van der Waals surface area contributed by atoms with Crippen LogP contribution in [-0.2, 0) is 24.3 Å². The lowest BCUT2D eigenvalue weighted by Crippen LogP contribution is -2.58. The number of hydrogen-bond donors (Lipinski definition) is 2. The van der Waals surface area contributed by atoms with Crippen molar-refractivity contribution >= 4 is 34.2 Å². The Balaban J connectivity index is 0.00000364. The van der Waals surface area contributed by atoms with Gasteiger partial charge in [-0.1, -0.05) is 0 Å². The molecule has 9 nitrogen and oxygen atoms in total. The molecule has 2 fully saturated rings. The number of likely N-dealkylation sites (tertiary alicyclic amines) is 1. The minimum atomic E-state index is -3.55. The molecular weight excluding hydrogens is 396 g/mol. The quantitative estimate of drug-likeness (QED) is 0.524. The van der Waals surface area contributed by atoms with Gasteiger partial charge in [0.25, 0.3) is 0 Å². The number of amides is 2. The number of ether oxygens (including phenoxy) is 1. The third-order valence-corrected chi connectivity index (χ3v) is 5.85. The van der Waals surface area contributed by atoms with Crippen molar-refractivity contribution in [2.45, 2.75) is 38.8 Å². The van der Waals surface area contributed by atoms with Crippen molar-refractivity contribution in [1.82, 2.24) is 19.8 Å². The van der Waals surface area contributed by atoms with Gasteiger partial charge < -0.3 is 19.9 Å². The van der Waals surface area contributed by atoms with Crippen LogP contribution in [0.5, 0.6) is 0 Å². The molecule has 0 spiro atoms. The molecule has 2 aliphatic heterocycles. The van der Waals surface area contributed by atoms with Crippen LogP contribution in [0, 0.1) is 0 Å². The van der Waals surface area contributed by atoms with Crippen molar-refractivity contribution in [1.29, 1.82) is 0 Å². The fourth-order valence-electron chi connectivity index (χ4n) is 3.19. The van der Waals surface area contributed by atoms with Crippen molar-refractivity contribution in [3.8, 4) is 0 Å². The van der Waals surface area contributed by atoms with Crippen LogP contribution >= 0.6 is 12.4 Å². The molecule has 0 aliphatic carbocycles. The first kappa shape index (κ1) is 24.1. The highest BCUT2D eigenvalue weighted by Crippen LogP contribution is 2.17. The molecule has 0 aromatic rings. The Labute approximate surface area is 167 Å². The molecule has 0 aromatic carbocycles. The summed E-state index contributed by atoms with van der Waals surface area (Å²) in [4.78, 5) is 27.9. The van der Waals surface area contributed by atoms with Crippen LogP contribution < -0.4 is 10.0 Å². The number of hydrogen-bond acceptors (Lipinski definition) is 6. The third kappa shape index (κ3) is 7.90. The van der Waals surface area contributed by atoms with Crippen LogP contribution in [0.1, 0.15) is 26.7 Å². The van der Waals surface area contributed by atoms with Gasteiger partial charge in [-0.3, -0.25) is 9.59 Å². The highest BCUT2D eigenvalue weighted by atomic mass is 35.5. The van der Waals surface area contributed by atoms with Crippen molar-refractivity contribution < 1.29 is 22.7 Å². The molecule has 2 heterocycles. The summed E-state index contributed by atoms with van der Waals surface area (Å²) in [6.07, 6.45) is 1.64. The second-order valence-corrected chi connectivity index (χ2v) is 8.89. The molecule has 2 rings (SSSR count). The molecule has 11 heteroatoms. The predicted molar refractivity (Wildman–Crippen MR) is 104 cm³/mol. The zero-order valence-electron chi connectivity index (χ0n) is 16.0. The van der Waals surface area contributed by atoms with Crippen LogP contribution in [-0.4, -0.2) is 93.8 Å². The number of carbonyl (C=O) groups excluding carboxylic acids is 2. The zero-order chi connectivity index (χ0) is 19.2. The van der Waals surface area contributed by atoms with Crippen LogP contribution in [0.15, 0.2) is 0 Å². The summed E-state index contributed by atoms with van der Waals surface area (Å²) in [6, 6.07) is 0.0124. The summed E-state index contributed by atoms with van der Waals surface area (Å²) in [5.41, 5.74) is 0. The molecule has 1 atom stereocenters. The van der Waals surface area contributed by atoms with Crippen molar-refractivity contribution in [2.75, 3.05) is 51.6 Å². The minimum Gasteiger partial charge on any atom is -0.378 e. The molecule has 0 saturated carbocycles. The van der Waals surface area contributed by atoms with E-state index in [0.29, 0.717) is 26.2 Å². The molecule has 2 N–H and O–H groups in total. The lowest BCUT2D eigenvalue weighted by atomic mass is 10.0.